The molecule has 0 spiro atoms. The second-order valence-electron chi connectivity index (χ2n) is 6.00. The number of rotatable bonds is 7. The van der Waals surface area contributed by atoms with Crippen LogP contribution in [0.15, 0.2) is 48.6 Å². The maximum absolute atomic E-state index is 9.57. The van der Waals surface area contributed by atoms with E-state index in [4.69, 9.17) is 0 Å². The summed E-state index contributed by atoms with van der Waals surface area (Å²) in [7, 11) is 0. The van der Waals surface area contributed by atoms with Gasteiger partial charge in [-0.05, 0) is 24.0 Å². The predicted molar refractivity (Wildman–Crippen MR) is 89.6 cm³/mol. The van der Waals surface area contributed by atoms with Crippen LogP contribution < -0.4 is 0 Å². The third-order valence-corrected chi connectivity index (χ3v) is 4.32. The van der Waals surface area contributed by atoms with Gasteiger partial charge in [0.25, 0.3) is 0 Å². The van der Waals surface area contributed by atoms with Gasteiger partial charge in [0.15, 0.2) is 0 Å². The lowest BCUT2D eigenvalue weighted by molar-refractivity contribution is 0.433. The van der Waals surface area contributed by atoms with Gasteiger partial charge < -0.3 is 0 Å². The molecule has 0 radical (unpaired) electrons. The molecular formula is C20H25N. The highest BCUT2D eigenvalue weighted by atomic mass is 14.4. The van der Waals surface area contributed by atoms with Crippen LogP contribution in [0.25, 0.3) is 5.57 Å². The van der Waals surface area contributed by atoms with Crippen molar-refractivity contribution in [3.63, 3.8) is 0 Å². The zero-order valence-corrected chi connectivity index (χ0v) is 13.0. The van der Waals surface area contributed by atoms with Gasteiger partial charge in [-0.2, -0.15) is 5.26 Å². The monoisotopic (exact) mass is 279 g/mol. The predicted octanol–water partition coefficient (Wildman–Crippen LogP) is 5.90. The Morgan fingerprint density at radius 1 is 1.10 bits per heavy atom. The molecule has 1 atom stereocenters. The minimum Gasteiger partial charge on any atom is -0.197 e. The van der Waals surface area contributed by atoms with E-state index < -0.39 is 0 Å². The van der Waals surface area contributed by atoms with Crippen molar-refractivity contribution in [3.05, 3.63) is 54.1 Å². The molecule has 0 fully saturated rings. The van der Waals surface area contributed by atoms with E-state index in [0.29, 0.717) is 0 Å². The van der Waals surface area contributed by atoms with Crippen LogP contribution in [0, 0.1) is 16.7 Å². The number of allylic oxidation sites excluding steroid dienone is 4. The Kier molecular flexibility index (Phi) is 5.81. The zero-order chi connectivity index (χ0) is 15.0. The molecule has 1 heteroatoms. The zero-order valence-electron chi connectivity index (χ0n) is 13.0. The Balaban J connectivity index is 1.92. The summed E-state index contributed by atoms with van der Waals surface area (Å²) in [6, 6.07) is 13.0. The van der Waals surface area contributed by atoms with Crippen molar-refractivity contribution in [3.8, 4) is 6.07 Å². The summed E-state index contributed by atoms with van der Waals surface area (Å²) in [5.41, 5.74) is 2.21. The summed E-state index contributed by atoms with van der Waals surface area (Å²) in [4.78, 5) is 0. The summed E-state index contributed by atoms with van der Waals surface area (Å²) < 4.78 is 0. The molecule has 21 heavy (non-hydrogen) atoms. The van der Waals surface area contributed by atoms with Crippen LogP contribution in [-0.4, -0.2) is 0 Å². The van der Waals surface area contributed by atoms with Crippen molar-refractivity contribution in [2.75, 3.05) is 0 Å². The van der Waals surface area contributed by atoms with Gasteiger partial charge in [0.1, 0.15) is 0 Å². The molecule has 1 aliphatic rings. The van der Waals surface area contributed by atoms with Crippen molar-refractivity contribution in [1.29, 1.82) is 5.26 Å². The lowest BCUT2D eigenvalue weighted by Crippen LogP contribution is -2.17. The number of unbranched alkanes of at least 4 members (excludes halogenated alkanes) is 4. The number of nitriles is 1. The normalized spacial score (nSPS) is 20.9. The molecule has 0 aromatic heterocycles. The molecule has 110 valence electrons. The summed E-state index contributed by atoms with van der Waals surface area (Å²) in [6.07, 6.45) is 14.6. The van der Waals surface area contributed by atoms with Crippen LogP contribution in [0.3, 0.4) is 0 Å². The average Bonchev–Trinajstić information content (AvgIpc) is 2.56. The fourth-order valence-electron chi connectivity index (χ4n) is 2.89. The van der Waals surface area contributed by atoms with Crippen LogP contribution in [0.5, 0.6) is 0 Å². The average molecular weight is 279 g/mol. The van der Waals surface area contributed by atoms with Gasteiger partial charge in [0.05, 0.1) is 11.5 Å². The van der Waals surface area contributed by atoms with E-state index >= 15 is 0 Å². The highest BCUT2D eigenvalue weighted by molar-refractivity contribution is 5.75. The molecule has 0 saturated heterocycles. The Hall–Kier alpha value is -1.81. The van der Waals surface area contributed by atoms with Gasteiger partial charge in [0.2, 0.25) is 0 Å². The maximum atomic E-state index is 9.57. The van der Waals surface area contributed by atoms with E-state index in [9.17, 15) is 5.26 Å². The summed E-state index contributed by atoms with van der Waals surface area (Å²) in [6.45, 7) is 2.23. The molecule has 2 rings (SSSR count). The molecule has 0 bridgehead atoms. The molecule has 0 N–H and O–H groups in total. The van der Waals surface area contributed by atoms with Gasteiger partial charge in [-0.15, -0.1) is 0 Å². The van der Waals surface area contributed by atoms with Gasteiger partial charge in [0, 0.05) is 0 Å². The Morgan fingerprint density at radius 3 is 2.48 bits per heavy atom. The second kappa shape index (κ2) is 7.84. The quantitative estimate of drug-likeness (QED) is 0.570. The Labute approximate surface area is 129 Å². The minimum atomic E-state index is -0.273. The molecule has 0 heterocycles. The van der Waals surface area contributed by atoms with Gasteiger partial charge in [-0.3, -0.25) is 0 Å². The third kappa shape index (κ3) is 4.33. The Morgan fingerprint density at radius 2 is 1.86 bits per heavy atom. The molecule has 1 aromatic carbocycles. The first-order valence-corrected chi connectivity index (χ1v) is 8.16. The lowest BCUT2D eigenvalue weighted by Gasteiger charge is -2.25. The van der Waals surface area contributed by atoms with Gasteiger partial charge >= 0.3 is 0 Å². The highest BCUT2D eigenvalue weighted by Gasteiger charge is 2.27. The van der Waals surface area contributed by atoms with Crippen molar-refractivity contribution in [2.45, 2.75) is 51.9 Å². The molecule has 0 saturated carbocycles. The molecule has 0 aliphatic heterocycles. The van der Waals surface area contributed by atoms with Crippen LogP contribution >= 0.6 is 0 Å². The number of nitrogens with zero attached hydrogens (tertiary/aromatic N) is 1. The Bertz CT molecular complexity index is 533. The van der Waals surface area contributed by atoms with E-state index in [1.54, 1.807) is 0 Å². The fourth-order valence-corrected chi connectivity index (χ4v) is 2.89. The van der Waals surface area contributed by atoms with Crippen molar-refractivity contribution < 1.29 is 0 Å². The number of benzene rings is 1. The molecule has 1 aliphatic carbocycles. The SMILES string of the molecule is CCCCCCC[C@]1(C#N)C=CC(c2ccccc2)=CC1. The maximum Gasteiger partial charge on any atom is 0.0791 e. The van der Waals surface area contributed by atoms with E-state index in [0.717, 1.165) is 19.3 Å². The van der Waals surface area contributed by atoms with E-state index in [-0.39, 0.29) is 5.41 Å². The first kappa shape index (κ1) is 15.6. The van der Waals surface area contributed by atoms with E-state index in [1.807, 2.05) is 6.07 Å². The first-order valence-electron chi connectivity index (χ1n) is 8.16. The lowest BCUT2D eigenvalue weighted by atomic mass is 9.76. The van der Waals surface area contributed by atoms with Crippen LogP contribution in [0.4, 0.5) is 0 Å². The third-order valence-electron chi connectivity index (χ3n) is 4.32. The number of hydrogen-bond donors (Lipinski definition) is 0. The molecular weight excluding hydrogens is 254 g/mol. The summed E-state index contributed by atoms with van der Waals surface area (Å²) in [5.74, 6) is 0. The van der Waals surface area contributed by atoms with E-state index in [1.165, 1.54) is 36.8 Å². The topological polar surface area (TPSA) is 23.8 Å². The minimum absolute atomic E-state index is 0.273. The number of hydrogen-bond acceptors (Lipinski definition) is 1. The summed E-state index contributed by atoms with van der Waals surface area (Å²) >= 11 is 0. The molecule has 1 nitrogen and oxygen atoms in total. The molecule has 1 aromatic rings. The van der Waals surface area contributed by atoms with Gasteiger partial charge in [-0.25, -0.2) is 0 Å². The standard InChI is InChI=1S/C20H25N/c1-2-3-4-5-9-14-20(17-21)15-12-19(13-16-20)18-10-7-6-8-11-18/h6-8,10-13,15H,2-5,9,14,16H2,1H3/t20-/m0/s1. The largest absolute Gasteiger partial charge is 0.197 e. The van der Waals surface area contributed by atoms with Crippen LogP contribution in [0.2, 0.25) is 0 Å². The smallest absolute Gasteiger partial charge is 0.0791 e. The second-order valence-corrected chi connectivity index (χ2v) is 6.00. The summed E-state index contributed by atoms with van der Waals surface area (Å²) in [5, 5.41) is 9.57. The highest BCUT2D eigenvalue weighted by Crippen LogP contribution is 2.37. The van der Waals surface area contributed by atoms with Crippen molar-refractivity contribution in [1.82, 2.24) is 0 Å². The molecule has 0 amide bonds. The fraction of sp³-hybridized carbons (Fsp3) is 0.450. The van der Waals surface area contributed by atoms with Crippen LogP contribution in [0.1, 0.15) is 57.4 Å². The molecule has 0 unspecified atom stereocenters. The van der Waals surface area contributed by atoms with Crippen molar-refractivity contribution in [2.24, 2.45) is 5.41 Å². The van der Waals surface area contributed by atoms with E-state index in [2.05, 4.69) is 55.5 Å². The van der Waals surface area contributed by atoms with Crippen LogP contribution in [-0.2, 0) is 0 Å². The first-order chi connectivity index (χ1) is 10.3. The van der Waals surface area contributed by atoms with Crippen molar-refractivity contribution >= 4 is 5.57 Å². The van der Waals surface area contributed by atoms with Gasteiger partial charge in [-0.1, -0.05) is 87.6 Å².